The average molecular weight is 331 g/mol. The van der Waals surface area contributed by atoms with Gasteiger partial charge in [-0.15, -0.1) is 0 Å². The first-order chi connectivity index (χ1) is 11.6. The zero-order valence-corrected chi connectivity index (χ0v) is 13.2. The van der Waals surface area contributed by atoms with Crippen molar-refractivity contribution >= 4 is 17.3 Å². The highest BCUT2D eigenvalue weighted by atomic mass is 19.1. The molecule has 1 aliphatic carbocycles. The summed E-state index contributed by atoms with van der Waals surface area (Å²) in [6, 6.07) is 6.82. The van der Waals surface area contributed by atoms with Crippen molar-refractivity contribution in [3.8, 4) is 0 Å². The highest BCUT2D eigenvalue weighted by Gasteiger charge is 2.14. The molecule has 1 heterocycles. The van der Waals surface area contributed by atoms with Crippen LogP contribution in [0.25, 0.3) is 0 Å². The summed E-state index contributed by atoms with van der Waals surface area (Å²) in [6.07, 6.45) is 7.64. The maximum atomic E-state index is 13.6. The lowest BCUT2D eigenvalue weighted by Gasteiger charge is -2.23. The molecule has 0 atom stereocenters. The minimum absolute atomic E-state index is 0.0763. The lowest BCUT2D eigenvalue weighted by atomic mass is 9.95. The number of pyridine rings is 1. The molecule has 1 saturated carbocycles. The van der Waals surface area contributed by atoms with Gasteiger partial charge in [0.2, 0.25) is 0 Å². The number of amides is 1. The predicted molar refractivity (Wildman–Crippen MR) is 89.0 cm³/mol. The summed E-state index contributed by atoms with van der Waals surface area (Å²) in [7, 11) is 0. The fraction of sp³-hybridized carbons (Fsp3) is 0.333. The van der Waals surface area contributed by atoms with E-state index < -0.39 is 17.5 Å². The number of aromatic nitrogens is 1. The van der Waals surface area contributed by atoms with Crippen molar-refractivity contribution < 1.29 is 13.6 Å². The molecule has 126 valence electrons. The number of nitrogens with zero attached hydrogens (tertiary/aromatic N) is 1. The van der Waals surface area contributed by atoms with E-state index in [1.165, 1.54) is 25.3 Å². The van der Waals surface area contributed by atoms with Gasteiger partial charge in [0.15, 0.2) is 0 Å². The van der Waals surface area contributed by atoms with E-state index in [2.05, 4.69) is 15.6 Å². The molecular weight excluding hydrogens is 312 g/mol. The van der Waals surface area contributed by atoms with Gasteiger partial charge in [-0.3, -0.25) is 4.79 Å². The van der Waals surface area contributed by atoms with Crippen LogP contribution in [0.2, 0.25) is 0 Å². The second-order valence-corrected chi connectivity index (χ2v) is 5.99. The molecule has 1 fully saturated rings. The molecule has 0 unspecified atom stereocenters. The van der Waals surface area contributed by atoms with Gasteiger partial charge in [-0.1, -0.05) is 19.3 Å². The number of hydrogen-bond acceptors (Lipinski definition) is 3. The molecular formula is C18H19F2N3O. The first-order valence-electron chi connectivity index (χ1n) is 8.11. The van der Waals surface area contributed by atoms with Crippen LogP contribution in [0.4, 0.5) is 20.2 Å². The Hall–Kier alpha value is -2.50. The van der Waals surface area contributed by atoms with Crippen LogP contribution < -0.4 is 10.6 Å². The Labute approximate surface area is 139 Å². The molecule has 4 nitrogen and oxygen atoms in total. The third-order valence-electron chi connectivity index (χ3n) is 4.15. The third-order valence-corrected chi connectivity index (χ3v) is 4.15. The van der Waals surface area contributed by atoms with Crippen molar-refractivity contribution in [2.45, 2.75) is 38.1 Å². The summed E-state index contributed by atoms with van der Waals surface area (Å²) >= 11 is 0. The van der Waals surface area contributed by atoms with Gasteiger partial charge in [0.25, 0.3) is 5.91 Å². The Kier molecular flexibility index (Phi) is 5.03. The van der Waals surface area contributed by atoms with E-state index in [1.54, 1.807) is 18.3 Å². The average Bonchev–Trinajstić information content (AvgIpc) is 2.59. The Morgan fingerprint density at radius 2 is 1.88 bits per heavy atom. The van der Waals surface area contributed by atoms with Crippen molar-refractivity contribution in [2.24, 2.45) is 0 Å². The molecule has 2 aromatic rings. The number of carbonyl (C=O) groups is 1. The van der Waals surface area contributed by atoms with E-state index in [-0.39, 0.29) is 11.4 Å². The lowest BCUT2D eigenvalue weighted by Crippen LogP contribution is -2.22. The smallest absolute Gasteiger partial charge is 0.274 e. The van der Waals surface area contributed by atoms with Gasteiger partial charge in [-0.05, 0) is 37.1 Å². The number of benzene rings is 1. The monoisotopic (exact) mass is 331 g/mol. The van der Waals surface area contributed by atoms with E-state index in [4.69, 9.17) is 0 Å². The first kappa shape index (κ1) is 16.4. The minimum Gasteiger partial charge on any atom is -0.381 e. The van der Waals surface area contributed by atoms with Crippen molar-refractivity contribution in [1.29, 1.82) is 0 Å². The molecule has 0 bridgehead atoms. The normalized spacial score (nSPS) is 15.1. The van der Waals surface area contributed by atoms with Gasteiger partial charge >= 0.3 is 0 Å². The molecule has 1 aromatic carbocycles. The molecule has 3 rings (SSSR count). The molecule has 6 heteroatoms. The minimum atomic E-state index is -0.820. The zero-order chi connectivity index (χ0) is 16.9. The number of rotatable bonds is 4. The maximum Gasteiger partial charge on any atom is 0.274 e. The number of anilines is 2. The lowest BCUT2D eigenvalue weighted by molar-refractivity contribution is 0.102. The van der Waals surface area contributed by atoms with Crippen molar-refractivity contribution in [3.05, 3.63) is 53.9 Å². The van der Waals surface area contributed by atoms with Crippen LogP contribution in [0, 0.1) is 11.6 Å². The van der Waals surface area contributed by atoms with Crippen molar-refractivity contribution in [1.82, 2.24) is 4.98 Å². The van der Waals surface area contributed by atoms with Gasteiger partial charge in [0.1, 0.15) is 17.3 Å². The summed E-state index contributed by atoms with van der Waals surface area (Å²) in [5.74, 6) is -2.05. The van der Waals surface area contributed by atoms with Crippen LogP contribution in [-0.4, -0.2) is 16.9 Å². The molecule has 0 radical (unpaired) electrons. The second-order valence-electron chi connectivity index (χ2n) is 5.99. The van der Waals surface area contributed by atoms with Gasteiger partial charge in [0.05, 0.1) is 17.6 Å². The van der Waals surface area contributed by atoms with Gasteiger partial charge < -0.3 is 10.6 Å². The number of hydrogen-bond donors (Lipinski definition) is 2. The number of carbonyl (C=O) groups excluding carboxylic acids is 1. The Morgan fingerprint density at radius 3 is 2.54 bits per heavy atom. The number of nitrogens with one attached hydrogen (secondary N) is 2. The summed E-state index contributed by atoms with van der Waals surface area (Å²) in [6.45, 7) is 0. The molecule has 0 aliphatic heterocycles. The summed E-state index contributed by atoms with van der Waals surface area (Å²) in [5, 5.41) is 5.81. The van der Waals surface area contributed by atoms with E-state index in [0.29, 0.717) is 6.04 Å². The molecule has 1 amide bonds. The SMILES string of the molecule is O=C(Nc1ccc(F)cc1F)c1ccc(NC2CCCCC2)cn1. The third kappa shape index (κ3) is 4.07. The standard InChI is InChI=1S/C18H19F2N3O/c19-12-6-8-16(15(20)10-12)23-18(24)17-9-7-14(11-21-17)22-13-4-2-1-3-5-13/h6-11,13,22H,1-5H2,(H,23,24). The highest BCUT2D eigenvalue weighted by Crippen LogP contribution is 2.21. The van der Waals surface area contributed by atoms with Crippen LogP contribution in [0.5, 0.6) is 0 Å². The molecule has 0 saturated heterocycles. The first-order valence-corrected chi connectivity index (χ1v) is 8.11. The topological polar surface area (TPSA) is 54.0 Å². The van der Waals surface area contributed by atoms with Gasteiger partial charge in [-0.2, -0.15) is 0 Å². The van der Waals surface area contributed by atoms with Crippen molar-refractivity contribution in [3.63, 3.8) is 0 Å². The largest absolute Gasteiger partial charge is 0.381 e. The Balaban J connectivity index is 1.62. The quantitative estimate of drug-likeness (QED) is 0.875. The highest BCUT2D eigenvalue weighted by molar-refractivity contribution is 6.03. The van der Waals surface area contributed by atoms with Crippen LogP contribution >= 0.6 is 0 Å². The van der Waals surface area contributed by atoms with Gasteiger partial charge in [-0.25, -0.2) is 13.8 Å². The van der Waals surface area contributed by atoms with E-state index >= 15 is 0 Å². The number of halogens is 2. The molecule has 1 aromatic heterocycles. The van der Waals surface area contributed by atoms with Crippen LogP contribution in [0.3, 0.4) is 0 Å². The summed E-state index contributed by atoms with van der Waals surface area (Å²) in [4.78, 5) is 16.2. The van der Waals surface area contributed by atoms with Gasteiger partial charge in [0, 0.05) is 12.1 Å². The molecule has 1 aliphatic rings. The fourth-order valence-corrected chi connectivity index (χ4v) is 2.87. The molecule has 2 N–H and O–H groups in total. The zero-order valence-electron chi connectivity index (χ0n) is 13.2. The predicted octanol–water partition coefficient (Wildman–Crippen LogP) is 4.36. The Bertz CT molecular complexity index is 713. The van der Waals surface area contributed by atoms with Crippen LogP contribution in [0.1, 0.15) is 42.6 Å². The van der Waals surface area contributed by atoms with Crippen LogP contribution in [-0.2, 0) is 0 Å². The van der Waals surface area contributed by atoms with E-state index in [0.717, 1.165) is 30.7 Å². The summed E-state index contributed by atoms with van der Waals surface area (Å²) in [5.41, 5.74) is 0.965. The fourth-order valence-electron chi connectivity index (χ4n) is 2.87. The second kappa shape index (κ2) is 7.38. The van der Waals surface area contributed by atoms with Crippen molar-refractivity contribution in [2.75, 3.05) is 10.6 Å². The Morgan fingerprint density at radius 1 is 1.08 bits per heavy atom. The maximum absolute atomic E-state index is 13.6. The summed E-state index contributed by atoms with van der Waals surface area (Å²) < 4.78 is 26.4. The van der Waals surface area contributed by atoms with E-state index in [1.807, 2.05) is 0 Å². The molecule has 24 heavy (non-hydrogen) atoms. The van der Waals surface area contributed by atoms with Crippen LogP contribution in [0.15, 0.2) is 36.5 Å². The van der Waals surface area contributed by atoms with E-state index in [9.17, 15) is 13.6 Å². The molecule has 0 spiro atoms.